The molecule has 2 heteroatoms. The highest BCUT2D eigenvalue weighted by atomic mass is 16.6. The smallest absolute Gasteiger partial charge is 0.106 e. The van der Waals surface area contributed by atoms with Crippen molar-refractivity contribution in [3.8, 4) is 11.8 Å². The van der Waals surface area contributed by atoms with Crippen LogP contribution in [0.25, 0.3) is 0 Å². The van der Waals surface area contributed by atoms with Crippen molar-refractivity contribution in [3.63, 3.8) is 0 Å². The second kappa shape index (κ2) is 7.03. The fourth-order valence-corrected chi connectivity index (χ4v) is 0.389. The van der Waals surface area contributed by atoms with Crippen LogP contribution in [-0.4, -0.2) is 13.3 Å². The molecule has 0 N–H and O–H groups in total. The van der Waals surface area contributed by atoms with Crippen LogP contribution in [0.3, 0.4) is 0 Å². The maximum atomic E-state index is 4.44. The molecule has 0 heterocycles. The number of oxime groups is 1. The zero-order valence-corrected chi connectivity index (χ0v) is 5.85. The first-order chi connectivity index (χ1) is 4.41. The maximum Gasteiger partial charge on any atom is 0.106 e. The van der Waals surface area contributed by atoms with E-state index in [-0.39, 0.29) is 0 Å². The fourth-order valence-electron chi connectivity index (χ4n) is 0.389. The molecule has 0 aliphatic heterocycles. The van der Waals surface area contributed by atoms with Gasteiger partial charge in [0, 0.05) is 12.6 Å². The molecule has 0 spiro atoms. The molecule has 9 heavy (non-hydrogen) atoms. The van der Waals surface area contributed by atoms with Crippen molar-refractivity contribution in [2.24, 2.45) is 5.16 Å². The third kappa shape index (κ3) is 7.03. The van der Waals surface area contributed by atoms with E-state index < -0.39 is 0 Å². The van der Waals surface area contributed by atoms with Crippen molar-refractivity contribution < 1.29 is 4.84 Å². The van der Waals surface area contributed by atoms with Crippen LogP contribution in [0.4, 0.5) is 0 Å². The van der Waals surface area contributed by atoms with E-state index in [1.807, 2.05) is 6.92 Å². The summed E-state index contributed by atoms with van der Waals surface area (Å²) in [6.07, 6.45) is 3.45. The van der Waals surface area contributed by atoms with E-state index in [1.165, 1.54) is 7.11 Å². The predicted molar refractivity (Wildman–Crippen MR) is 38.2 cm³/mol. The summed E-state index contributed by atoms with van der Waals surface area (Å²) in [5, 5.41) is 3.55. The molecule has 0 aromatic rings. The Morgan fingerprint density at radius 2 is 2.44 bits per heavy atom. The molecule has 2 nitrogen and oxygen atoms in total. The van der Waals surface area contributed by atoms with Crippen molar-refractivity contribution in [2.45, 2.75) is 19.8 Å². The summed E-state index contributed by atoms with van der Waals surface area (Å²) in [7, 11) is 1.53. The molecule has 0 bridgehead atoms. The molecule has 0 saturated carbocycles. The number of nitrogens with zero attached hydrogens (tertiary/aromatic N) is 1. The SMILES string of the molecule is CC#CCC/C=N\OC. The largest absolute Gasteiger partial charge is 0.399 e. The van der Waals surface area contributed by atoms with Crippen molar-refractivity contribution in [3.05, 3.63) is 0 Å². The Balaban J connectivity index is 3.06. The Morgan fingerprint density at radius 1 is 1.67 bits per heavy atom. The minimum atomic E-state index is 0.864. The van der Waals surface area contributed by atoms with Crippen LogP contribution in [0.15, 0.2) is 5.16 Å². The van der Waals surface area contributed by atoms with Crippen molar-refractivity contribution in [1.29, 1.82) is 0 Å². The molecule has 0 fully saturated rings. The monoisotopic (exact) mass is 125 g/mol. The maximum absolute atomic E-state index is 4.44. The van der Waals surface area contributed by atoms with Gasteiger partial charge in [0.1, 0.15) is 7.11 Å². The van der Waals surface area contributed by atoms with E-state index >= 15 is 0 Å². The molecule has 0 amide bonds. The van der Waals surface area contributed by atoms with Crippen LogP contribution >= 0.6 is 0 Å². The minimum absolute atomic E-state index is 0.864. The zero-order chi connectivity index (χ0) is 6.95. The summed E-state index contributed by atoms with van der Waals surface area (Å²) in [4.78, 5) is 4.44. The summed E-state index contributed by atoms with van der Waals surface area (Å²) >= 11 is 0. The predicted octanol–water partition coefficient (Wildman–Crippen LogP) is 1.42. The van der Waals surface area contributed by atoms with E-state index in [0.717, 1.165) is 12.8 Å². The van der Waals surface area contributed by atoms with Gasteiger partial charge in [-0.15, -0.1) is 11.8 Å². The lowest BCUT2D eigenvalue weighted by molar-refractivity contribution is 0.214. The number of hydrogen-bond donors (Lipinski definition) is 0. The van der Waals surface area contributed by atoms with Gasteiger partial charge in [0.05, 0.1) is 0 Å². The van der Waals surface area contributed by atoms with Gasteiger partial charge in [-0.3, -0.25) is 0 Å². The highest BCUT2D eigenvalue weighted by molar-refractivity contribution is 5.56. The molecule has 0 aromatic carbocycles. The van der Waals surface area contributed by atoms with Crippen LogP contribution < -0.4 is 0 Å². The van der Waals surface area contributed by atoms with Gasteiger partial charge in [-0.2, -0.15) is 0 Å². The molecular weight excluding hydrogens is 114 g/mol. The molecule has 0 radical (unpaired) electrons. The van der Waals surface area contributed by atoms with Crippen LogP contribution in [0.2, 0.25) is 0 Å². The standard InChI is InChI=1S/C7H11NO/c1-3-4-5-6-7-8-9-2/h7H,5-6H2,1-2H3/b8-7-. The van der Waals surface area contributed by atoms with E-state index in [4.69, 9.17) is 0 Å². The first-order valence-corrected chi connectivity index (χ1v) is 2.86. The quantitative estimate of drug-likeness (QED) is 0.242. The summed E-state index contributed by atoms with van der Waals surface area (Å²) in [5.41, 5.74) is 0. The Bertz CT molecular complexity index is 130. The first kappa shape index (κ1) is 8.03. The van der Waals surface area contributed by atoms with Crippen LogP contribution in [-0.2, 0) is 4.84 Å². The van der Waals surface area contributed by atoms with Crippen LogP contribution in [0, 0.1) is 11.8 Å². The van der Waals surface area contributed by atoms with Gasteiger partial charge >= 0.3 is 0 Å². The second-order valence-electron chi connectivity index (χ2n) is 1.44. The van der Waals surface area contributed by atoms with Gasteiger partial charge in [0.15, 0.2) is 0 Å². The number of rotatable bonds is 3. The van der Waals surface area contributed by atoms with E-state index in [2.05, 4.69) is 21.8 Å². The molecule has 0 aromatic heterocycles. The van der Waals surface area contributed by atoms with E-state index in [0.29, 0.717) is 0 Å². The Hall–Kier alpha value is -0.970. The lowest BCUT2D eigenvalue weighted by Gasteiger charge is -1.82. The molecule has 0 saturated heterocycles. The number of hydrogen-bond acceptors (Lipinski definition) is 2. The zero-order valence-electron chi connectivity index (χ0n) is 5.85. The topological polar surface area (TPSA) is 21.6 Å². The third-order valence-corrected chi connectivity index (χ3v) is 0.755. The van der Waals surface area contributed by atoms with Gasteiger partial charge in [0.2, 0.25) is 0 Å². The van der Waals surface area contributed by atoms with E-state index in [9.17, 15) is 0 Å². The van der Waals surface area contributed by atoms with Gasteiger partial charge in [-0.25, -0.2) is 0 Å². The molecule has 0 aliphatic carbocycles. The average molecular weight is 125 g/mol. The van der Waals surface area contributed by atoms with Gasteiger partial charge < -0.3 is 4.84 Å². The average Bonchev–Trinajstić information content (AvgIpc) is 1.89. The highest BCUT2D eigenvalue weighted by Crippen LogP contribution is 1.81. The molecule has 0 rings (SSSR count). The van der Waals surface area contributed by atoms with E-state index in [1.54, 1.807) is 6.21 Å². The molecule has 0 atom stereocenters. The summed E-state index contributed by atoms with van der Waals surface area (Å²) in [5.74, 6) is 5.70. The molecular formula is C7H11NO. The van der Waals surface area contributed by atoms with Crippen LogP contribution in [0.1, 0.15) is 19.8 Å². The van der Waals surface area contributed by atoms with Crippen molar-refractivity contribution >= 4 is 6.21 Å². The Kier molecular flexibility index (Phi) is 6.27. The van der Waals surface area contributed by atoms with Gasteiger partial charge in [-0.1, -0.05) is 5.16 Å². The fraction of sp³-hybridized carbons (Fsp3) is 0.571. The summed E-state index contributed by atoms with van der Waals surface area (Å²) < 4.78 is 0. The normalized spacial score (nSPS) is 8.67. The Morgan fingerprint density at radius 3 is 3.00 bits per heavy atom. The lowest BCUT2D eigenvalue weighted by atomic mass is 10.3. The minimum Gasteiger partial charge on any atom is -0.399 e. The van der Waals surface area contributed by atoms with Crippen molar-refractivity contribution in [2.75, 3.05) is 7.11 Å². The Labute approximate surface area is 55.9 Å². The third-order valence-electron chi connectivity index (χ3n) is 0.755. The number of unbranched alkanes of at least 4 members (excludes halogenated alkanes) is 1. The highest BCUT2D eigenvalue weighted by Gasteiger charge is 1.73. The molecule has 50 valence electrons. The molecule has 0 aliphatic rings. The van der Waals surface area contributed by atoms with Gasteiger partial charge in [-0.05, 0) is 13.3 Å². The molecule has 0 unspecified atom stereocenters. The summed E-state index contributed by atoms with van der Waals surface area (Å²) in [6.45, 7) is 1.83. The summed E-state index contributed by atoms with van der Waals surface area (Å²) in [6, 6.07) is 0. The van der Waals surface area contributed by atoms with Crippen LogP contribution in [0.5, 0.6) is 0 Å². The first-order valence-electron chi connectivity index (χ1n) is 2.86. The second-order valence-corrected chi connectivity index (χ2v) is 1.44. The van der Waals surface area contributed by atoms with Crippen molar-refractivity contribution in [1.82, 2.24) is 0 Å². The van der Waals surface area contributed by atoms with Gasteiger partial charge in [0.25, 0.3) is 0 Å². The lowest BCUT2D eigenvalue weighted by Crippen LogP contribution is -1.74.